The van der Waals surface area contributed by atoms with Crippen molar-refractivity contribution in [2.75, 3.05) is 0 Å². The first kappa shape index (κ1) is 14.3. The molecule has 92 valence electrons. The fourth-order valence-corrected chi connectivity index (χ4v) is 4.18. The van der Waals surface area contributed by atoms with Crippen molar-refractivity contribution in [1.29, 1.82) is 0 Å². The highest BCUT2D eigenvalue weighted by Crippen LogP contribution is 2.52. The summed E-state index contributed by atoms with van der Waals surface area (Å²) >= 11 is 7.12. The van der Waals surface area contributed by atoms with Gasteiger partial charge >= 0.3 is 0 Å². The SMILES string of the molecule is CC.CC(C)N1C(C)c2[nH]ncc2C1(S)I. The number of rotatable bonds is 1. The number of alkyl halides is 1. The Morgan fingerprint density at radius 2 is 2.12 bits per heavy atom. The monoisotopic (exact) mass is 353 g/mol. The van der Waals surface area contributed by atoms with Gasteiger partial charge < -0.3 is 0 Å². The molecule has 2 unspecified atom stereocenters. The summed E-state index contributed by atoms with van der Waals surface area (Å²) in [5.41, 5.74) is 2.39. The smallest absolute Gasteiger partial charge is 0.146 e. The number of hydrogen-bond donors (Lipinski definition) is 2. The van der Waals surface area contributed by atoms with Crippen molar-refractivity contribution in [3.63, 3.8) is 0 Å². The minimum Gasteiger partial charge on any atom is -0.281 e. The van der Waals surface area contributed by atoms with Gasteiger partial charge in [0, 0.05) is 11.6 Å². The molecular formula is C11H20IN3S. The van der Waals surface area contributed by atoms with Crippen molar-refractivity contribution in [3.8, 4) is 0 Å². The van der Waals surface area contributed by atoms with Crippen LogP contribution < -0.4 is 0 Å². The third kappa shape index (κ3) is 2.13. The number of halogens is 1. The highest BCUT2D eigenvalue weighted by atomic mass is 127. The van der Waals surface area contributed by atoms with Gasteiger partial charge in [-0.1, -0.05) is 13.8 Å². The molecule has 3 nitrogen and oxygen atoms in total. The van der Waals surface area contributed by atoms with E-state index in [2.05, 4.69) is 58.5 Å². The lowest BCUT2D eigenvalue weighted by Crippen LogP contribution is -2.38. The van der Waals surface area contributed by atoms with Crippen LogP contribution in [-0.2, 0) is 2.88 Å². The zero-order valence-corrected chi connectivity index (χ0v) is 13.5. The van der Waals surface area contributed by atoms with E-state index in [1.807, 2.05) is 20.0 Å². The Kier molecular flexibility index (Phi) is 4.71. The lowest BCUT2D eigenvalue weighted by Gasteiger charge is -2.35. The molecule has 0 radical (unpaired) electrons. The molecule has 1 aromatic heterocycles. The van der Waals surface area contributed by atoms with Gasteiger partial charge in [0.15, 0.2) is 0 Å². The van der Waals surface area contributed by atoms with Crippen LogP contribution in [0.2, 0.25) is 0 Å². The van der Waals surface area contributed by atoms with Crippen molar-refractivity contribution >= 4 is 35.2 Å². The number of thiol groups is 1. The lowest BCUT2D eigenvalue weighted by atomic mass is 10.2. The van der Waals surface area contributed by atoms with Crippen molar-refractivity contribution < 1.29 is 0 Å². The molecule has 0 aliphatic carbocycles. The second-order valence-corrected chi connectivity index (χ2v) is 7.02. The van der Waals surface area contributed by atoms with Gasteiger partial charge in [0.25, 0.3) is 0 Å². The first-order valence-electron chi connectivity index (χ1n) is 5.69. The highest BCUT2D eigenvalue weighted by Gasteiger charge is 2.47. The predicted molar refractivity (Wildman–Crippen MR) is 80.0 cm³/mol. The molecule has 5 heteroatoms. The lowest BCUT2D eigenvalue weighted by molar-refractivity contribution is 0.163. The zero-order chi connectivity index (χ0) is 12.5. The van der Waals surface area contributed by atoms with Crippen LogP contribution in [0.3, 0.4) is 0 Å². The van der Waals surface area contributed by atoms with Crippen LogP contribution in [0.4, 0.5) is 0 Å². The van der Waals surface area contributed by atoms with Crippen LogP contribution in [-0.4, -0.2) is 21.1 Å². The molecule has 0 amide bonds. The summed E-state index contributed by atoms with van der Waals surface area (Å²) in [7, 11) is 0. The largest absolute Gasteiger partial charge is 0.281 e. The minimum atomic E-state index is -0.228. The molecule has 0 fully saturated rings. The fraction of sp³-hybridized carbons (Fsp3) is 0.727. The van der Waals surface area contributed by atoms with Gasteiger partial charge in [-0.2, -0.15) is 5.10 Å². The molecule has 1 aromatic rings. The second-order valence-electron chi connectivity index (χ2n) is 3.96. The molecule has 0 spiro atoms. The Labute approximate surface area is 117 Å². The summed E-state index contributed by atoms with van der Waals surface area (Å²) in [4.78, 5) is 2.37. The van der Waals surface area contributed by atoms with Crippen LogP contribution >= 0.6 is 35.2 Å². The van der Waals surface area contributed by atoms with Crippen molar-refractivity contribution in [1.82, 2.24) is 15.1 Å². The van der Waals surface area contributed by atoms with Crippen molar-refractivity contribution in [3.05, 3.63) is 17.5 Å². The summed E-state index contributed by atoms with van der Waals surface area (Å²) in [6.45, 7) is 10.6. The Morgan fingerprint density at radius 1 is 1.56 bits per heavy atom. The molecule has 1 N–H and O–H groups in total. The number of hydrogen-bond acceptors (Lipinski definition) is 3. The zero-order valence-electron chi connectivity index (χ0n) is 10.5. The number of nitrogens with zero attached hydrogens (tertiary/aromatic N) is 2. The van der Waals surface area contributed by atoms with Gasteiger partial charge in [0.05, 0.1) is 17.9 Å². The Hall–Kier alpha value is 0.250. The molecule has 0 bridgehead atoms. The van der Waals surface area contributed by atoms with E-state index < -0.39 is 0 Å². The van der Waals surface area contributed by atoms with Crippen LogP contribution in [0.15, 0.2) is 6.20 Å². The molecule has 0 saturated carbocycles. The van der Waals surface area contributed by atoms with Gasteiger partial charge in [0.1, 0.15) is 2.88 Å². The van der Waals surface area contributed by atoms with Gasteiger partial charge in [-0.25, -0.2) is 0 Å². The van der Waals surface area contributed by atoms with Crippen molar-refractivity contribution in [2.24, 2.45) is 0 Å². The maximum atomic E-state index is 4.74. The van der Waals surface area contributed by atoms with E-state index in [9.17, 15) is 0 Å². The number of fused-ring (bicyclic) bond motifs is 1. The number of H-pyrrole nitrogens is 1. The minimum absolute atomic E-state index is 0.228. The van der Waals surface area contributed by atoms with E-state index in [1.54, 1.807) is 0 Å². The second kappa shape index (κ2) is 5.27. The van der Waals surface area contributed by atoms with Crippen molar-refractivity contribution in [2.45, 2.75) is 49.6 Å². The third-order valence-corrected chi connectivity index (χ3v) is 4.36. The van der Waals surface area contributed by atoms with E-state index >= 15 is 0 Å². The fourth-order valence-electron chi connectivity index (χ4n) is 2.19. The third-order valence-electron chi connectivity index (χ3n) is 2.75. The van der Waals surface area contributed by atoms with Gasteiger partial charge in [0.2, 0.25) is 0 Å². The summed E-state index contributed by atoms with van der Waals surface area (Å²) < 4.78 is -0.228. The Bertz CT molecular complexity index is 349. The topological polar surface area (TPSA) is 31.9 Å². The van der Waals surface area contributed by atoms with Crippen LogP contribution in [0, 0.1) is 0 Å². The number of aromatic nitrogens is 2. The molecule has 2 rings (SSSR count). The Balaban J connectivity index is 0.000000606. The first-order chi connectivity index (χ1) is 7.46. The summed E-state index contributed by atoms with van der Waals surface area (Å²) in [5, 5.41) is 7.14. The molecule has 1 aliphatic heterocycles. The molecule has 2 heterocycles. The average molecular weight is 353 g/mol. The summed E-state index contributed by atoms with van der Waals surface area (Å²) in [6.07, 6.45) is 1.88. The normalized spacial score (nSPS) is 28.9. The molecule has 16 heavy (non-hydrogen) atoms. The number of aromatic amines is 1. The standard InChI is InChI=1S/C9H14IN3S.C2H6/c1-5(2)13-6(3)8-7(4-11-12-8)9(13,10)14;1-2/h4-6,14H,1-3H3,(H,11,12);1-2H3. The maximum absolute atomic E-state index is 4.74. The molecular weight excluding hydrogens is 333 g/mol. The van der Waals surface area contributed by atoms with E-state index in [4.69, 9.17) is 12.6 Å². The Morgan fingerprint density at radius 3 is 2.56 bits per heavy atom. The number of nitrogens with one attached hydrogen (secondary N) is 1. The van der Waals surface area contributed by atoms with Crippen LogP contribution in [0.5, 0.6) is 0 Å². The maximum Gasteiger partial charge on any atom is 0.146 e. The molecule has 0 aromatic carbocycles. The van der Waals surface area contributed by atoms with Crippen LogP contribution in [0.25, 0.3) is 0 Å². The average Bonchev–Trinajstić information content (AvgIpc) is 2.73. The van der Waals surface area contributed by atoms with Gasteiger partial charge in [-0.15, -0.1) is 12.6 Å². The van der Waals surface area contributed by atoms with E-state index in [-0.39, 0.29) is 2.88 Å². The van der Waals surface area contributed by atoms with Gasteiger partial charge in [-0.05, 0) is 43.4 Å². The first-order valence-corrected chi connectivity index (χ1v) is 7.22. The van der Waals surface area contributed by atoms with Gasteiger partial charge in [-0.3, -0.25) is 10.00 Å². The summed E-state index contributed by atoms with van der Waals surface area (Å²) in [6, 6.07) is 0.835. The molecule has 1 aliphatic rings. The van der Waals surface area contributed by atoms with E-state index in [1.165, 1.54) is 11.3 Å². The predicted octanol–water partition coefficient (Wildman–Crippen LogP) is 3.70. The highest BCUT2D eigenvalue weighted by molar-refractivity contribution is 14.1. The van der Waals surface area contributed by atoms with E-state index in [0.29, 0.717) is 12.1 Å². The quantitative estimate of drug-likeness (QED) is 0.349. The molecule has 0 saturated heterocycles. The van der Waals surface area contributed by atoms with E-state index in [0.717, 1.165) is 0 Å². The molecule has 2 atom stereocenters. The summed E-state index contributed by atoms with van der Waals surface area (Å²) in [5.74, 6) is 0. The van der Waals surface area contributed by atoms with Crippen LogP contribution in [0.1, 0.15) is 51.9 Å².